The average Bonchev–Trinajstić information content (AvgIpc) is 2.17. The average molecular weight is 216 g/mol. The summed E-state index contributed by atoms with van der Waals surface area (Å²) in [6.45, 7) is 2.76. The van der Waals surface area contributed by atoms with E-state index in [1.54, 1.807) is 0 Å². The van der Waals surface area contributed by atoms with Crippen LogP contribution in [0.5, 0.6) is 0 Å². The van der Waals surface area contributed by atoms with E-state index in [-0.39, 0.29) is 18.6 Å². The third kappa shape index (κ3) is 9.69. The summed E-state index contributed by atoms with van der Waals surface area (Å²) in [5, 5.41) is 11.5. The molecule has 0 radical (unpaired) electrons. The quantitative estimate of drug-likeness (QED) is 0.499. The van der Waals surface area contributed by atoms with E-state index in [2.05, 4.69) is 5.32 Å². The third-order valence-corrected chi connectivity index (χ3v) is 2.33. The maximum absolute atomic E-state index is 11.3. The van der Waals surface area contributed by atoms with E-state index in [9.17, 15) is 4.79 Å². The van der Waals surface area contributed by atoms with Crippen molar-refractivity contribution >= 4 is 5.91 Å². The maximum Gasteiger partial charge on any atom is 0.220 e. The van der Waals surface area contributed by atoms with Gasteiger partial charge in [0.1, 0.15) is 0 Å². The summed E-state index contributed by atoms with van der Waals surface area (Å²) in [6, 6.07) is 0.0755. The van der Waals surface area contributed by atoms with E-state index < -0.39 is 0 Å². The molecule has 0 saturated carbocycles. The summed E-state index contributed by atoms with van der Waals surface area (Å²) in [5.74, 6) is 0.0868. The lowest BCUT2D eigenvalue weighted by Crippen LogP contribution is -2.32. The molecule has 0 aromatic heterocycles. The molecule has 0 spiro atoms. The highest BCUT2D eigenvalue weighted by atomic mass is 16.3. The van der Waals surface area contributed by atoms with Gasteiger partial charge in [-0.1, -0.05) is 12.8 Å². The normalized spacial score (nSPS) is 12.5. The summed E-state index contributed by atoms with van der Waals surface area (Å²) < 4.78 is 0. The molecule has 0 aromatic carbocycles. The minimum atomic E-state index is 0.0755. The Bertz CT molecular complexity index is 163. The van der Waals surface area contributed by atoms with Crippen LogP contribution in [0.25, 0.3) is 0 Å². The maximum atomic E-state index is 11.3. The van der Waals surface area contributed by atoms with Crippen LogP contribution in [0.15, 0.2) is 0 Å². The second-order valence-corrected chi connectivity index (χ2v) is 3.93. The van der Waals surface area contributed by atoms with Gasteiger partial charge >= 0.3 is 0 Å². The van der Waals surface area contributed by atoms with Gasteiger partial charge in [-0.05, 0) is 32.7 Å². The Hall–Kier alpha value is -0.610. The first-order chi connectivity index (χ1) is 7.20. The second-order valence-electron chi connectivity index (χ2n) is 3.93. The summed E-state index contributed by atoms with van der Waals surface area (Å²) in [6.07, 6.45) is 5.36. The Kier molecular flexibility index (Phi) is 9.52. The number of carbonyl (C=O) groups excluding carboxylic acids is 1. The van der Waals surface area contributed by atoms with Crippen molar-refractivity contribution in [3.8, 4) is 0 Å². The second kappa shape index (κ2) is 9.93. The van der Waals surface area contributed by atoms with E-state index in [4.69, 9.17) is 10.8 Å². The largest absolute Gasteiger partial charge is 0.396 e. The number of carbonyl (C=O) groups is 1. The van der Waals surface area contributed by atoms with Gasteiger partial charge in [0, 0.05) is 19.1 Å². The molecule has 0 fully saturated rings. The summed E-state index contributed by atoms with van der Waals surface area (Å²) in [5.41, 5.74) is 5.37. The first-order valence-corrected chi connectivity index (χ1v) is 5.81. The van der Waals surface area contributed by atoms with E-state index >= 15 is 0 Å². The molecule has 15 heavy (non-hydrogen) atoms. The van der Waals surface area contributed by atoms with Crippen LogP contribution in [0.4, 0.5) is 0 Å². The van der Waals surface area contributed by atoms with E-state index in [0.717, 1.165) is 32.2 Å². The zero-order valence-corrected chi connectivity index (χ0v) is 9.67. The van der Waals surface area contributed by atoms with Gasteiger partial charge in [-0.25, -0.2) is 0 Å². The molecule has 0 heterocycles. The Labute approximate surface area is 92.2 Å². The number of nitrogens with two attached hydrogens (primary N) is 1. The lowest BCUT2D eigenvalue weighted by Gasteiger charge is -2.11. The standard InChI is InChI=1S/C11H24N2O2/c1-10(7-9-14)13-11(15)6-4-2-3-5-8-12/h10,14H,2-9,12H2,1H3,(H,13,15). The van der Waals surface area contributed by atoms with Crippen molar-refractivity contribution in [2.24, 2.45) is 5.73 Å². The molecule has 0 aromatic rings. The molecule has 90 valence electrons. The first-order valence-electron chi connectivity index (χ1n) is 5.81. The molecule has 0 aliphatic heterocycles. The minimum Gasteiger partial charge on any atom is -0.396 e. The molecule has 4 heteroatoms. The molecule has 0 aliphatic carbocycles. The van der Waals surface area contributed by atoms with Crippen LogP contribution < -0.4 is 11.1 Å². The Morgan fingerprint density at radius 2 is 2.00 bits per heavy atom. The number of aliphatic hydroxyl groups excluding tert-OH is 1. The van der Waals surface area contributed by atoms with Crippen molar-refractivity contribution in [3.05, 3.63) is 0 Å². The summed E-state index contributed by atoms with van der Waals surface area (Å²) in [4.78, 5) is 11.3. The predicted molar refractivity (Wildman–Crippen MR) is 61.4 cm³/mol. The van der Waals surface area contributed by atoms with Crippen molar-refractivity contribution in [3.63, 3.8) is 0 Å². The molecule has 0 bridgehead atoms. The monoisotopic (exact) mass is 216 g/mol. The number of aliphatic hydroxyl groups is 1. The van der Waals surface area contributed by atoms with Crippen LogP contribution in [0.1, 0.15) is 45.4 Å². The molecule has 0 rings (SSSR count). The molecular formula is C11H24N2O2. The van der Waals surface area contributed by atoms with E-state index in [1.165, 1.54) is 0 Å². The number of hydrogen-bond donors (Lipinski definition) is 3. The van der Waals surface area contributed by atoms with Crippen molar-refractivity contribution in [2.45, 2.75) is 51.5 Å². The highest BCUT2D eigenvalue weighted by Gasteiger charge is 2.05. The van der Waals surface area contributed by atoms with Crippen LogP contribution in [0.2, 0.25) is 0 Å². The molecule has 1 amide bonds. The highest BCUT2D eigenvalue weighted by molar-refractivity contribution is 5.76. The fourth-order valence-electron chi connectivity index (χ4n) is 1.40. The van der Waals surface area contributed by atoms with Crippen LogP contribution in [-0.2, 0) is 4.79 Å². The predicted octanol–water partition coefficient (Wildman–Crippen LogP) is 0.783. The van der Waals surface area contributed by atoms with Crippen LogP contribution in [0, 0.1) is 0 Å². The van der Waals surface area contributed by atoms with Gasteiger partial charge in [0.25, 0.3) is 0 Å². The Balaban J connectivity index is 3.32. The van der Waals surface area contributed by atoms with Crippen molar-refractivity contribution in [1.29, 1.82) is 0 Å². The fourth-order valence-corrected chi connectivity index (χ4v) is 1.40. The van der Waals surface area contributed by atoms with E-state index in [1.807, 2.05) is 6.92 Å². The fraction of sp³-hybridized carbons (Fsp3) is 0.909. The topological polar surface area (TPSA) is 75.3 Å². The van der Waals surface area contributed by atoms with Gasteiger partial charge in [0.2, 0.25) is 5.91 Å². The van der Waals surface area contributed by atoms with Gasteiger partial charge in [-0.2, -0.15) is 0 Å². The smallest absolute Gasteiger partial charge is 0.220 e. The van der Waals surface area contributed by atoms with Crippen molar-refractivity contribution in [1.82, 2.24) is 5.32 Å². The number of nitrogens with one attached hydrogen (secondary N) is 1. The van der Waals surface area contributed by atoms with Crippen molar-refractivity contribution in [2.75, 3.05) is 13.2 Å². The Morgan fingerprint density at radius 3 is 2.60 bits per heavy atom. The van der Waals surface area contributed by atoms with Gasteiger partial charge in [-0.15, -0.1) is 0 Å². The van der Waals surface area contributed by atoms with Gasteiger partial charge < -0.3 is 16.2 Å². The highest BCUT2D eigenvalue weighted by Crippen LogP contribution is 2.02. The number of amides is 1. The van der Waals surface area contributed by atoms with Crippen LogP contribution in [0.3, 0.4) is 0 Å². The van der Waals surface area contributed by atoms with E-state index in [0.29, 0.717) is 12.8 Å². The summed E-state index contributed by atoms with van der Waals surface area (Å²) in [7, 11) is 0. The molecule has 0 saturated heterocycles. The van der Waals surface area contributed by atoms with Gasteiger partial charge in [0.15, 0.2) is 0 Å². The molecule has 1 unspecified atom stereocenters. The van der Waals surface area contributed by atoms with Crippen molar-refractivity contribution < 1.29 is 9.90 Å². The Morgan fingerprint density at radius 1 is 1.33 bits per heavy atom. The third-order valence-electron chi connectivity index (χ3n) is 2.33. The lowest BCUT2D eigenvalue weighted by atomic mass is 10.1. The number of rotatable bonds is 9. The molecule has 4 N–H and O–H groups in total. The van der Waals surface area contributed by atoms with Gasteiger partial charge in [-0.3, -0.25) is 4.79 Å². The minimum absolute atomic E-state index is 0.0755. The lowest BCUT2D eigenvalue weighted by molar-refractivity contribution is -0.121. The number of hydrogen-bond acceptors (Lipinski definition) is 3. The zero-order valence-electron chi connectivity index (χ0n) is 9.67. The van der Waals surface area contributed by atoms with Crippen LogP contribution >= 0.6 is 0 Å². The SMILES string of the molecule is CC(CCO)NC(=O)CCCCCCN. The zero-order chi connectivity index (χ0) is 11.5. The first kappa shape index (κ1) is 14.4. The molecule has 1 atom stereocenters. The number of unbranched alkanes of at least 4 members (excludes halogenated alkanes) is 3. The molecule has 0 aliphatic rings. The van der Waals surface area contributed by atoms with Gasteiger partial charge in [0.05, 0.1) is 0 Å². The van der Waals surface area contributed by atoms with Crippen LogP contribution in [-0.4, -0.2) is 30.2 Å². The molecule has 4 nitrogen and oxygen atoms in total. The summed E-state index contributed by atoms with van der Waals surface area (Å²) >= 11 is 0. The molecular weight excluding hydrogens is 192 g/mol.